The molecular formula is C21H18N2O4S. The number of imidazole rings is 1. The van der Waals surface area contributed by atoms with Gasteiger partial charge in [0.2, 0.25) is 0 Å². The Morgan fingerprint density at radius 1 is 0.893 bits per heavy atom. The molecule has 0 radical (unpaired) electrons. The smallest absolute Gasteiger partial charge is 0.327 e. The Labute approximate surface area is 162 Å². The molecule has 7 heteroatoms. The maximum atomic E-state index is 11.5. The van der Waals surface area contributed by atoms with Crippen LogP contribution in [0.1, 0.15) is 5.56 Å². The van der Waals surface area contributed by atoms with Crippen LogP contribution in [-0.4, -0.2) is 29.7 Å². The van der Waals surface area contributed by atoms with E-state index in [1.165, 1.54) is 0 Å². The first-order valence-corrected chi connectivity index (χ1v) is 9.79. The second kappa shape index (κ2) is 7.75. The van der Waals surface area contributed by atoms with E-state index in [2.05, 4.69) is 9.97 Å². The third-order valence-electron chi connectivity index (χ3n) is 4.37. The van der Waals surface area contributed by atoms with Crippen LogP contribution in [0, 0.1) is 6.92 Å². The van der Waals surface area contributed by atoms with Crippen molar-refractivity contribution in [2.45, 2.75) is 12.1 Å². The van der Waals surface area contributed by atoms with E-state index < -0.39 is 15.3 Å². The van der Waals surface area contributed by atoms with Gasteiger partial charge in [0.05, 0.1) is 11.0 Å². The second-order valence-corrected chi connectivity index (χ2v) is 7.42. The molecule has 1 aromatic heterocycles. The van der Waals surface area contributed by atoms with Gasteiger partial charge in [-0.2, -0.15) is 8.42 Å². The summed E-state index contributed by atoms with van der Waals surface area (Å²) in [6.07, 6.45) is 0. The van der Waals surface area contributed by atoms with Gasteiger partial charge in [-0.3, -0.25) is 4.55 Å². The first kappa shape index (κ1) is 19.5. The molecule has 4 rings (SSSR count). The largest absolute Gasteiger partial charge is 0.328 e. The zero-order valence-electron chi connectivity index (χ0n) is 15.1. The number of nitrogens with zero attached hydrogens (tertiary/aromatic N) is 1. The summed E-state index contributed by atoms with van der Waals surface area (Å²) in [7, 11) is -4.42. The lowest BCUT2D eigenvalue weighted by Crippen LogP contribution is -1.99. The Bertz CT molecular complexity index is 1230. The Morgan fingerprint density at radius 2 is 1.54 bits per heavy atom. The second-order valence-electron chi connectivity index (χ2n) is 6.08. The van der Waals surface area contributed by atoms with Crippen molar-refractivity contribution in [1.82, 2.24) is 9.97 Å². The zero-order chi connectivity index (χ0) is 20.3. The number of fused-ring (bicyclic) bond motifs is 1. The predicted octanol–water partition coefficient (Wildman–Crippen LogP) is 4.27. The maximum absolute atomic E-state index is 11.5. The van der Waals surface area contributed by atoms with Gasteiger partial charge in [-0.05, 0) is 35.2 Å². The molecule has 142 valence electrons. The van der Waals surface area contributed by atoms with Crippen LogP contribution in [0.4, 0.5) is 0 Å². The SMILES string of the molecule is C=O.Cc1ccccc1-c1ccc2[nH]c(S(=O)(=O)O)nc2c1-c1ccccc1. The lowest BCUT2D eigenvalue weighted by atomic mass is 9.91. The standard InChI is InChI=1S/C20H16N2O3S.CH2O/c1-13-7-5-6-10-15(13)16-11-12-17-19(22-20(21-17)26(23,24)25)18(16)14-8-3-2-4-9-14;1-2/h2-12H,1H3,(H,21,22)(H,23,24,25);1H2. The molecule has 4 aromatic rings. The molecule has 6 nitrogen and oxygen atoms in total. The number of hydrogen-bond donors (Lipinski definition) is 2. The van der Waals surface area contributed by atoms with Gasteiger partial charge in [-0.25, -0.2) is 4.98 Å². The summed E-state index contributed by atoms with van der Waals surface area (Å²) >= 11 is 0. The Kier molecular flexibility index (Phi) is 5.39. The molecular weight excluding hydrogens is 376 g/mol. The van der Waals surface area contributed by atoms with E-state index in [0.29, 0.717) is 11.0 Å². The van der Waals surface area contributed by atoms with Gasteiger partial charge in [0.1, 0.15) is 6.79 Å². The first-order valence-electron chi connectivity index (χ1n) is 8.35. The fourth-order valence-electron chi connectivity index (χ4n) is 3.17. The van der Waals surface area contributed by atoms with E-state index in [1.807, 2.05) is 74.4 Å². The number of nitrogens with one attached hydrogen (secondary N) is 1. The quantitative estimate of drug-likeness (QED) is 0.506. The van der Waals surface area contributed by atoms with Crippen LogP contribution in [-0.2, 0) is 14.9 Å². The van der Waals surface area contributed by atoms with Gasteiger partial charge in [-0.15, -0.1) is 0 Å². The minimum atomic E-state index is -4.42. The summed E-state index contributed by atoms with van der Waals surface area (Å²) < 4.78 is 32.4. The monoisotopic (exact) mass is 394 g/mol. The minimum absolute atomic E-state index is 0.452. The number of hydrogen-bond acceptors (Lipinski definition) is 4. The van der Waals surface area contributed by atoms with Crippen LogP contribution in [0.3, 0.4) is 0 Å². The topological polar surface area (TPSA) is 100 Å². The summed E-state index contributed by atoms with van der Waals surface area (Å²) in [6.45, 7) is 4.03. The van der Waals surface area contributed by atoms with Crippen molar-refractivity contribution in [2.75, 3.05) is 0 Å². The van der Waals surface area contributed by atoms with Gasteiger partial charge < -0.3 is 9.78 Å². The molecule has 0 unspecified atom stereocenters. The highest BCUT2D eigenvalue weighted by Crippen LogP contribution is 2.38. The molecule has 1 heterocycles. The van der Waals surface area contributed by atoms with Crippen molar-refractivity contribution in [1.29, 1.82) is 0 Å². The molecule has 0 fully saturated rings. The third-order valence-corrected chi connectivity index (χ3v) is 5.06. The molecule has 0 aliphatic heterocycles. The molecule has 0 aliphatic carbocycles. The Morgan fingerprint density at radius 3 is 2.18 bits per heavy atom. The number of carbonyl (C=O) groups is 1. The molecule has 0 spiro atoms. The summed E-state index contributed by atoms with van der Waals surface area (Å²) in [6, 6.07) is 21.4. The zero-order valence-corrected chi connectivity index (χ0v) is 15.9. The van der Waals surface area contributed by atoms with E-state index in [9.17, 15) is 13.0 Å². The molecule has 0 amide bonds. The highest BCUT2D eigenvalue weighted by Gasteiger charge is 2.20. The average Bonchev–Trinajstić information content (AvgIpc) is 3.15. The average molecular weight is 394 g/mol. The van der Waals surface area contributed by atoms with E-state index in [0.717, 1.165) is 27.8 Å². The van der Waals surface area contributed by atoms with Crippen molar-refractivity contribution < 1.29 is 17.8 Å². The van der Waals surface area contributed by atoms with Crippen molar-refractivity contribution >= 4 is 27.9 Å². The minimum Gasteiger partial charge on any atom is -0.327 e. The van der Waals surface area contributed by atoms with E-state index in [1.54, 1.807) is 6.07 Å². The van der Waals surface area contributed by atoms with Crippen molar-refractivity contribution in [3.8, 4) is 22.3 Å². The van der Waals surface area contributed by atoms with E-state index >= 15 is 0 Å². The first-order chi connectivity index (χ1) is 13.4. The Hall–Kier alpha value is -3.29. The fourth-order valence-corrected chi connectivity index (χ4v) is 3.62. The fraction of sp³-hybridized carbons (Fsp3) is 0.0476. The summed E-state index contributed by atoms with van der Waals surface area (Å²) in [5, 5.41) is -0.452. The number of aromatic nitrogens is 2. The molecule has 0 aliphatic rings. The lowest BCUT2D eigenvalue weighted by Gasteiger charge is -2.13. The summed E-state index contributed by atoms with van der Waals surface area (Å²) in [5.41, 5.74) is 5.90. The van der Waals surface area contributed by atoms with Crippen LogP contribution < -0.4 is 0 Å². The van der Waals surface area contributed by atoms with Crippen LogP contribution in [0.15, 0.2) is 71.9 Å². The molecule has 2 N–H and O–H groups in total. The number of carbonyl (C=O) groups excluding carboxylic acids is 1. The van der Waals surface area contributed by atoms with Gasteiger partial charge in [0, 0.05) is 5.56 Å². The molecule has 28 heavy (non-hydrogen) atoms. The number of rotatable bonds is 3. The number of aromatic amines is 1. The normalized spacial score (nSPS) is 11.1. The molecule has 0 bridgehead atoms. The van der Waals surface area contributed by atoms with Crippen LogP contribution in [0.25, 0.3) is 33.3 Å². The van der Waals surface area contributed by atoms with Crippen molar-refractivity contribution in [2.24, 2.45) is 0 Å². The van der Waals surface area contributed by atoms with Crippen LogP contribution in [0.5, 0.6) is 0 Å². The molecule has 0 saturated carbocycles. The number of benzene rings is 3. The molecule has 0 atom stereocenters. The van der Waals surface area contributed by atoms with E-state index in [4.69, 9.17) is 4.79 Å². The van der Waals surface area contributed by atoms with Crippen molar-refractivity contribution in [3.63, 3.8) is 0 Å². The number of H-pyrrole nitrogens is 1. The van der Waals surface area contributed by atoms with Crippen molar-refractivity contribution in [3.05, 3.63) is 72.3 Å². The van der Waals surface area contributed by atoms with Gasteiger partial charge in [-0.1, -0.05) is 60.7 Å². The highest BCUT2D eigenvalue weighted by atomic mass is 32.2. The van der Waals surface area contributed by atoms with Gasteiger partial charge in [0.15, 0.2) is 0 Å². The number of aryl methyl sites for hydroxylation is 1. The summed E-state index contributed by atoms with van der Waals surface area (Å²) in [4.78, 5) is 14.9. The maximum Gasteiger partial charge on any atom is 0.328 e. The predicted molar refractivity (Wildman–Crippen MR) is 109 cm³/mol. The third kappa shape index (κ3) is 3.58. The van der Waals surface area contributed by atoms with Gasteiger partial charge >= 0.3 is 10.1 Å². The van der Waals surface area contributed by atoms with E-state index in [-0.39, 0.29) is 0 Å². The van der Waals surface area contributed by atoms with Crippen LogP contribution >= 0.6 is 0 Å². The molecule has 3 aromatic carbocycles. The summed E-state index contributed by atoms with van der Waals surface area (Å²) in [5.74, 6) is 0. The van der Waals surface area contributed by atoms with Gasteiger partial charge in [0.25, 0.3) is 5.16 Å². The Balaban J connectivity index is 0.00000109. The van der Waals surface area contributed by atoms with Crippen LogP contribution in [0.2, 0.25) is 0 Å². The lowest BCUT2D eigenvalue weighted by molar-refractivity contribution is -0.0980. The highest BCUT2D eigenvalue weighted by molar-refractivity contribution is 7.85. The molecule has 0 saturated heterocycles.